The first kappa shape index (κ1) is 20.8. The topological polar surface area (TPSA) is 50.8 Å². The molecule has 2 aliphatic heterocycles. The molecule has 1 N–H and O–H groups in total. The first-order valence-corrected chi connectivity index (χ1v) is 10.8. The number of halogens is 1. The van der Waals surface area contributed by atoms with Crippen LogP contribution in [0.15, 0.2) is 48.5 Å². The molecule has 0 saturated carbocycles. The van der Waals surface area contributed by atoms with E-state index in [-0.39, 0.29) is 23.9 Å². The van der Waals surface area contributed by atoms with Crippen LogP contribution in [0.3, 0.4) is 0 Å². The highest BCUT2D eigenvalue weighted by atomic mass is 19.1. The number of benzene rings is 2. The first-order valence-electron chi connectivity index (χ1n) is 10.8. The van der Waals surface area contributed by atoms with Gasteiger partial charge in [-0.05, 0) is 61.2 Å². The largest absolute Gasteiger partial charge is 0.492 e. The lowest BCUT2D eigenvalue weighted by atomic mass is 9.97. The van der Waals surface area contributed by atoms with Crippen LogP contribution >= 0.6 is 0 Å². The molecular formula is C24H29FN2O3. The van der Waals surface area contributed by atoms with Gasteiger partial charge in [0.15, 0.2) is 0 Å². The molecule has 0 unspecified atom stereocenters. The molecule has 2 aromatic carbocycles. The lowest BCUT2D eigenvalue weighted by molar-refractivity contribution is -0.131. The van der Waals surface area contributed by atoms with Crippen LogP contribution < -0.4 is 10.1 Å². The Morgan fingerprint density at radius 3 is 2.80 bits per heavy atom. The summed E-state index contributed by atoms with van der Waals surface area (Å²) in [5, 5.41) is 3.38. The fourth-order valence-corrected chi connectivity index (χ4v) is 4.32. The van der Waals surface area contributed by atoms with Crippen LogP contribution in [-0.2, 0) is 16.0 Å². The molecule has 0 radical (unpaired) electrons. The Balaban J connectivity index is 1.21. The van der Waals surface area contributed by atoms with Crippen molar-refractivity contribution in [3.8, 4) is 5.75 Å². The van der Waals surface area contributed by atoms with Crippen molar-refractivity contribution < 1.29 is 18.7 Å². The van der Waals surface area contributed by atoms with E-state index in [2.05, 4.69) is 23.5 Å². The molecule has 1 amide bonds. The number of rotatable bonds is 9. The summed E-state index contributed by atoms with van der Waals surface area (Å²) in [6.07, 6.45) is 3.34. The normalized spacial score (nSPS) is 21.0. The van der Waals surface area contributed by atoms with E-state index in [0.29, 0.717) is 38.5 Å². The van der Waals surface area contributed by atoms with Gasteiger partial charge in [0.25, 0.3) is 0 Å². The lowest BCUT2D eigenvalue weighted by Gasteiger charge is -2.32. The molecule has 1 saturated heterocycles. The van der Waals surface area contributed by atoms with E-state index in [9.17, 15) is 9.18 Å². The highest BCUT2D eigenvalue weighted by Gasteiger charge is 2.34. The fourth-order valence-electron chi connectivity index (χ4n) is 4.32. The molecule has 0 bridgehead atoms. The van der Waals surface area contributed by atoms with Crippen molar-refractivity contribution in [3.63, 3.8) is 0 Å². The Morgan fingerprint density at radius 1 is 1.10 bits per heavy atom. The minimum Gasteiger partial charge on any atom is -0.492 e. The number of carbonyl (C=O) groups excluding carboxylic acids is 1. The number of amides is 1. The molecule has 0 aromatic heterocycles. The molecule has 2 heterocycles. The quantitative estimate of drug-likeness (QED) is 0.641. The predicted octanol–water partition coefficient (Wildman–Crippen LogP) is 3.49. The van der Waals surface area contributed by atoms with Crippen molar-refractivity contribution >= 4 is 5.91 Å². The van der Waals surface area contributed by atoms with Crippen molar-refractivity contribution in [2.75, 3.05) is 32.8 Å². The van der Waals surface area contributed by atoms with E-state index in [0.717, 1.165) is 25.8 Å². The van der Waals surface area contributed by atoms with Gasteiger partial charge in [0.05, 0.1) is 13.2 Å². The van der Waals surface area contributed by atoms with Crippen molar-refractivity contribution in [2.45, 2.75) is 37.8 Å². The molecule has 5 nitrogen and oxygen atoms in total. The Hall–Kier alpha value is -2.44. The number of hydrogen-bond acceptors (Lipinski definition) is 4. The molecule has 6 heteroatoms. The molecular weight excluding hydrogens is 383 g/mol. The van der Waals surface area contributed by atoms with Crippen LogP contribution in [0, 0.1) is 5.82 Å². The van der Waals surface area contributed by atoms with Crippen LogP contribution in [-0.4, -0.2) is 49.7 Å². The van der Waals surface area contributed by atoms with E-state index in [1.54, 1.807) is 12.1 Å². The molecule has 160 valence electrons. The second-order valence-electron chi connectivity index (χ2n) is 7.89. The minimum absolute atomic E-state index is 0.0310. The van der Waals surface area contributed by atoms with Crippen LogP contribution in [0.1, 0.15) is 36.5 Å². The van der Waals surface area contributed by atoms with Gasteiger partial charge in [-0.3, -0.25) is 4.79 Å². The number of hydrogen-bond donors (Lipinski definition) is 1. The lowest BCUT2D eigenvalue weighted by Crippen LogP contribution is -2.39. The Morgan fingerprint density at radius 2 is 1.93 bits per heavy atom. The molecule has 2 aliphatic rings. The third kappa shape index (κ3) is 5.18. The molecule has 2 atom stereocenters. The molecule has 0 aliphatic carbocycles. The second-order valence-corrected chi connectivity index (χ2v) is 7.89. The highest BCUT2D eigenvalue weighted by molar-refractivity contribution is 5.78. The maximum atomic E-state index is 12.9. The third-order valence-corrected chi connectivity index (χ3v) is 5.92. The number of carbonyl (C=O) groups is 1. The van der Waals surface area contributed by atoms with Crippen molar-refractivity contribution in [1.29, 1.82) is 0 Å². The molecule has 4 rings (SSSR count). The zero-order valence-electron chi connectivity index (χ0n) is 17.2. The summed E-state index contributed by atoms with van der Waals surface area (Å²) in [4.78, 5) is 14.5. The fraction of sp³-hybridized carbons (Fsp3) is 0.458. The zero-order valence-corrected chi connectivity index (χ0v) is 17.2. The molecule has 1 fully saturated rings. The van der Waals surface area contributed by atoms with Crippen molar-refractivity contribution in [1.82, 2.24) is 10.2 Å². The van der Waals surface area contributed by atoms with Gasteiger partial charge in [0.1, 0.15) is 24.3 Å². The number of likely N-dealkylation sites (tertiary alicyclic amines) is 1. The smallest absolute Gasteiger partial charge is 0.222 e. The minimum atomic E-state index is -0.266. The number of fused-ring (bicyclic) bond motifs is 1. The Labute approximate surface area is 177 Å². The Bertz CT molecular complexity index is 843. The summed E-state index contributed by atoms with van der Waals surface area (Å²) in [7, 11) is 0. The van der Waals surface area contributed by atoms with Crippen LogP contribution in [0.2, 0.25) is 0 Å². The predicted molar refractivity (Wildman–Crippen MR) is 113 cm³/mol. The number of ether oxygens (including phenoxy) is 2. The maximum Gasteiger partial charge on any atom is 0.222 e. The van der Waals surface area contributed by atoms with Crippen LogP contribution in [0.4, 0.5) is 4.39 Å². The van der Waals surface area contributed by atoms with Gasteiger partial charge in [0, 0.05) is 19.0 Å². The molecule has 2 aromatic rings. The average Bonchev–Trinajstić information content (AvgIpc) is 3.11. The summed E-state index contributed by atoms with van der Waals surface area (Å²) in [5.74, 6) is 0.628. The van der Waals surface area contributed by atoms with Gasteiger partial charge >= 0.3 is 0 Å². The van der Waals surface area contributed by atoms with Gasteiger partial charge < -0.3 is 19.7 Å². The van der Waals surface area contributed by atoms with E-state index < -0.39 is 0 Å². The number of nitrogens with zero attached hydrogens (tertiary/aromatic N) is 1. The van der Waals surface area contributed by atoms with E-state index in [4.69, 9.17) is 9.47 Å². The van der Waals surface area contributed by atoms with Crippen molar-refractivity contribution in [2.24, 2.45) is 0 Å². The Kier molecular flexibility index (Phi) is 6.97. The van der Waals surface area contributed by atoms with E-state index in [1.165, 1.54) is 23.3 Å². The summed E-state index contributed by atoms with van der Waals surface area (Å²) in [5.41, 5.74) is 2.55. The summed E-state index contributed by atoms with van der Waals surface area (Å²) in [6.45, 7) is 3.39. The zero-order chi connectivity index (χ0) is 20.8. The maximum absolute atomic E-state index is 12.9. The van der Waals surface area contributed by atoms with Gasteiger partial charge in [-0.25, -0.2) is 4.39 Å². The summed E-state index contributed by atoms with van der Waals surface area (Å²) < 4.78 is 24.5. The summed E-state index contributed by atoms with van der Waals surface area (Å²) >= 11 is 0. The molecule has 0 spiro atoms. The van der Waals surface area contributed by atoms with Gasteiger partial charge in [0.2, 0.25) is 5.91 Å². The van der Waals surface area contributed by atoms with Crippen LogP contribution in [0.25, 0.3) is 0 Å². The van der Waals surface area contributed by atoms with E-state index in [1.807, 2.05) is 11.0 Å². The van der Waals surface area contributed by atoms with Crippen molar-refractivity contribution in [3.05, 3.63) is 65.5 Å². The van der Waals surface area contributed by atoms with Crippen LogP contribution in [0.5, 0.6) is 5.75 Å². The third-order valence-electron chi connectivity index (χ3n) is 5.92. The monoisotopic (exact) mass is 412 g/mol. The highest BCUT2D eigenvalue weighted by Crippen LogP contribution is 2.31. The average molecular weight is 413 g/mol. The standard InChI is InChI=1S/C24H29FN2O3/c25-19-5-8-21(9-6-19)29-16-14-26-13-11-20-7-10-24(28)27(20)17-23-22-4-2-1-3-18(22)12-15-30-23/h1-6,8-9,20,23,26H,7,10-17H2/t20-,23-/m0/s1. The summed E-state index contributed by atoms with van der Waals surface area (Å²) in [6, 6.07) is 14.7. The van der Waals surface area contributed by atoms with Gasteiger partial charge in [-0.1, -0.05) is 24.3 Å². The molecule has 30 heavy (non-hydrogen) atoms. The first-order chi connectivity index (χ1) is 14.7. The number of nitrogens with one attached hydrogen (secondary N) is 1. The van der Waals surface area contributed by atoms with E-state index >= 15 is 0 Å². The van der Waals surface area contributed by atoms with Gasteiger partial charge in [-0.15, -0.1) is 0 Å². The SMILES string of the molecule is O=C1CC[C@@H](CCNCCOc2ccc(F)cc2)N1C[C@@H]1OCCc2ccccc21. The second kappa shape index (κ2) is 10.0. The van der Waals surface area contributed by atoms with Gasteiger partial charge in [-0.2, -0.15) is 0 Å².